The number of nitrogens with zero attached hydrogens (tertiary/aromatic N) is 3. The van der Waals surface area contributed by atoms with Gasteiger partial charge in [-0.2, -0.15) is 22.6 Å². The minimum Gasteiger partial charge on any atom is -0.381 e. The lowest BCUT2D eigenvalue weighted by Gasteiger charge is -2.26. The monoisotopic (exact) mass is 314 g/mol. The Bertz CT molecular complexity index is 566. The number of aryl methyl sites for hydroxylation is 1. The summed E-state index contributed by atoms with van der Waals surface area (Å²) in [5.74, 6) is -0.306. The third kappa shape index (κ3) is 3.63. The number of hydrogen-bond donors (Lipinski definition) is 1. The molecule has 0 radical (unpaired) electrons. The van der Waals surface area contributed by atoms with E-state index in [-0.39, 0.29) is 5.82 Å². The molecule has 2 N–H and O–H groups in total. The standard InChI is InChI=1S/C10H17F3N4O2S/c1-4-16-5-8(9(14)15-16)20(18,19)17(7(2)3)6-10(11,12)13/h5,7H,4,6H2,1-3H3,(H2,14,15). The van der Waals surface area contributed by atoms with Crippen LogP contribution < -0.4 is 5.73 Å². The maximum absolute atomic E-state index is 12.5. The maximum atomic E-state index is 12.5. The van der Waals surface area contributed by atoms with Crippen LogP contribution in [0.25, 0.3) is 0 Å². The van der Waals surface area contributed by atoms with Crippen molar-refractivity contribution in [3.8, 4) is 0 Å². The van der Waals surface area contributed by atoms with Gasteiger partial charge >= 0.3 is 6.18 Å². The molecule has 1 heterocycles. The summed E-state index contributed by atoms with van der Waals surface area (Å²) in [6.45, 7) is 3.23. The third-order valence-corrected chi connectivity index (χ3v) is 4.62. The summed E-state index contributed by atoms with van der Waals surface area (Å²) in [5.41, 5.74) is 5.49. The van der Waals surface area contributed by atoms with Crippen molar-refractivity contribution in [2.24, 2.45) is 0 Å². The Kier molecular flexibility index (Phi) is 4.70. The molecule has 0 fully saturated rings. The molecule has 0 unspecified atom stereocenters. The van der Waals surface area contributed by atoms with Crippen LogP contribution in [0.3, 0.4) is 0 Å². The summed E-state index contributed by atoms with van der Waals surface area (Å²) in [6.07, 6.45) is -3.50. The van der Waals surface area contributed by atoms with Crippen molar-refractivity contribution in [3.05, 3.63) is 6.20 Å². The van der Waals surface area contributed by atoms with Crippen molar-refractivity contribution >= 4 is 15.8 Å². The molecule has 0 saturated heterocycles. The highest BCUT2D eigenvalue weighted by Crippen LogP contribution is 2.27. The molecule has 0 aromatic carbocycles. The number of nitrogen functional groups attached to an aromatic ring is 1. The number of anilines is 1. The number of hydrogen-bond acceptors (Lipinski definition) is 4. The molecule has 0 aliphatic carbocycles. The molecule has 20 heavy (non-hydrogen) atoms. The lowest BCUT2D eigenvalue weighted by Crippen LogP contribution is -2.43. The molecule has 0 bridgehead atoms. The van der Waals surface area contributed by atoms with E-state index in [1.807, 2.05) is 0 Å². The molecule has 1 aromatic rings. The SMILES string of the molecule is CCn1cc(S(=O)(=O)N(CC(F)(F)F)C(C)C)c(N)n1. The van der Waals surface area contributed by atoms with E-state index in [1.54, 1.807) is 6.92 Å². The van der Waals surface area contributed by atoms with Crippen molar-refractivity contribution in [2.45, 2.75) is 44.4 Å². The first kappa shape index (κ1) is 16.8. The lowest BCUT2D eigenvalue weighted by molar-refractivity contribution is -0.138. The summed E-state index contributed by atoms with van der Waals surface area (Å²) in [6, 6.07) is -0.856. The number of rotatable bonds is 5. The van der Waals surface area contributed by atoms with Crippen LogP contribution in [0.1, 0.15) is 20.8 Å². The van der Waals surface area contributed by atoms with Crippen molar-refractivity contribution in [2.75, 3.05) is 12.3 Å². The van der Waals surface area contributed by atoms with Crippen LogP contribution in [0.4, 0.5) is 19.0 Å². The molecule has 0 saturated carbocycles. The molecular weight excluding hydrogens is 297 g/mol. The summed E-state index contributed by atoms with van der Waals surface area (Å²) in [7, 11) is -4.35. The number of alkyl halides is 3. The molecule has 0 spiro atoms. The Morgan fingerprint density at radius 3 is 2.35 bits per heavy atom. The second-order valence-corrected chi connectivity index (χ2v) is 6.35. The zero-order valence-electron chi connectivity index (χ0n) is 11.3. The quantitative estimate of drug-likeness (QED) is 0.892. The van der Waals surface area contributed by atoms with Gasteiger partial charge in [0.15, 0.2) is 5.82 Å². The zero-order chi connectivity index (χ0) is 15.7. The van der Waals surface area contributed by atoms with Gasteiger partial charge in [-0.15, -0.1) is 0 Å². The summed E-state index contributed by atoms with van der Waals surface area (Å²) in [5, 5.41) is 3.74. The average Bonchev–Trinajstić information content (AvgIpc) is 2.66. The van der Waals surface area contributed by atoms with E-state index in [0.29, 0.717) is 10.8 Å². The molecule has 1 rings (SSSR count). The van der Waals surface area contributed by atoms with Crippen LogP contribution in [0.5, 0.6) is 0 Å². The minimum atomic E-state index is -4.63. The van der Waals surface area contributed by atoms with Gasteiger partial charge in [0.25, 0.3) is 0 Å². The van der Waals surface area contributed by atoms with Gasteiger partial charge in [0, 0.05) is 18.8 Å². The number of sulfonamides is 1. The summed E-state index contributed by atoms with van der Waals surface area (Å²) < 4.78 is 63.8. The number of aromatic nitrogens is 2. The van der Waals surface area contributed by atoms with E-state index in [0.717, 1.165) is 6.20 Å². The molecule has 6 nitrogen and oxygen atoms in total. The second kappa shape index (κ2) is 5.60. The van der Waals surface area contributed by atoms with Gasteiger partial charge in [-0.05, 0) is 20.8 Å². The fraction of sp³-hybridized carbons (Fsp3) is 0.700. The van der Waals surface area contributed by atoms with Crippen molar-refractivity contribution in [1.29, 1.82) is 0 Å². The van der Waals surface area contributed by atoms with Crippen molar-refractivity contribution in [3.63, 3.8) is 0 Å². The largest absolute Gasteiger partial charge is 0.402 e. The van der Waals surface area contributed by atoms with E-state index < -0.39 is 33.7 Å². The van der Waals surface area contributed by atoms with Gasteiger partial charge < -0.3 is 5.73 Å². The molecule has 116 valence electrons. The van der Waals surface area contributed by atoms with Crippen LogP contribution in [-0.2, 0) is 16.6 Å². The molecule has 0 aliphatic heterocycles. The van der Waals surface area contributed by atoms with Crippen LogP contribution >= 0.6 is 0 Å². The smallest absolute Gasteiger partial charge is 0.381 e. The van der Waals surface area contributed by atoms with Crippen LogP contribution in [0, 0.1) is 0 Å². The zero-order valence-corrected chi connectivity index (χ0v) is 12.2. The lowest BCUT2D eigenvalue weighted by atomic mass is 10.4. The average molecular weight is 314 g/mol. The highest BCUT2D eigenvalue weighted by atomic mass is 32.2. The minimum absolute atomic E-state index is 0.306. The maximum Gasteiger partial charge on any atom is 0.402 e. The Morgan fingerprint density at radius 1 is 1.45 bits per heavy atom. The fourth-order valence-electron chi connectivity index (χ4n) is 1.63. The topological polar surface area (TPSA) is 81.2 Å². The first-order valence-corrected chi connectivity index (χ1v) is 7.34. The molecule has 1 aromatic heterocycles. The highest BCUT2D eigenvalue weighted by Gasteiger charge is 2.39. The van der Waals surface area contributed by atoms with E-state index in [4.69, 9.17) is 5.73 Å². The molecule has 0 amide bonds. The van der Waals surface area contributed by atoms with Gasteiger partial charge in [-0.1, -0.05) is 0 Å². The van der Waals surface area contributed by atoms with Gasteiger partial charge in [-0.3, -0.25) is 4.68 Å². The molecule has 10 heteroatoms. The first-order chi connectivity index (χ1) is 8.99. The predicted octanol–water partition coefficient (Wildman–Crippen LogP) is 1.45. The van der Waals surface area contributed by atoms with E-state index >= 15 is 0 Å². The Labute approximate surface area is 115 Å². The number of halogens is 3. The molecule has 0 aliphatic rings. The van der Waals surface area contributed by atoms with Crippen LogP contribution in [0.2, 0.25) is 0 Å². The predicted molar refractivity (Wildman–Crippen MR) is 67.4 cm³/mol. The summed E-state index contributed by atoms with van der Waals surface area (Å²) >= 11 is 0. The van der Waals surface area contributed by atoms with Gasteiger partial charge in [0.2, 0.25) is 10.0 Å². The summed E-state index contributed by atoms with van der Waals surface area (Å²) in [4.78, 5) is -0.405. The Balaban J connectivity index is 3.26. The Morgan fingerprint density at radius 2 is 2.00 bits per heavy atom. The van der Waals surface area contributed by atoms with E-state index in [1.165, 1.54) is 18.5 Å². The van der Waals surface area contributed by atoms with Crippen LogP contribution in [0.15, 0.2) is 11.1 Å². The Hall–Kier alpha value is -1.29. The van der Waals surface area contributed by atoms with E-state index in [2.05, 4.69) is 5.10 Å². The highest BCUT2D eigenvalue weighted by molar-refractivity contribution is 7.89. The second-order valence-electron chi connectivity index (χ2n) is 4.49. The first-order valence-electron chi connectivity index (χ1n) is 5.90. The molecule has 0 atom stereocenters. The third-order valence-electron chi connectivity index (χ3n) is 2.58. The van der Waals surface area contributed by atoms with Crippen molar-refractivity contribution < 1.29 is 21.6 Å². The van der Waals surface area contributed by atoms with E-state index in [9.17, 15) is 21.6 Å². The normalized spacial score (nSPS) is 13.4. The molecular formula is C10H17F3N4O2S. The van der Waals surface area contributed by atoms with Gasteiger partial charge in [0.05, 0.1) is 0 Å². The number of nitrogens with two attached hydrogens (primary N) is 1. The van der Waals surface area contributed by atoms with Crippen LogP contribution in [-0.4, -0.2) is 41.3 Å². The van der Waals surface area contributed by atoms with Gasteiger partial charge in [0.1, 0.15) is 11.4 Å². The van der Waals surface area contributed by atoms with Crippen molar-refractivity contribution in [1.82, 2.24) is 14.1 Å². The fourth-order valence-corrected chi connectivity index (χ4v) is 3.31. The van der Waals surface area contributed by atoms with Gasteiger partial charge in [-0.25, -0.2) is 8.42 Å².